The summed E-state index contributed by atoms with van der Waals surface area (Å²) < 4.78 is 34.0. The van der Waals surface area contributed by atoms with E-state index in [1.165, 1.54) is 29.3 Å². The zero-order valence-corrected chi connectivity index (χ0v) is 21.0. The third-order valence-electron chi connectivity index (χ3n) is 8.62. The summed E-state index contributed by atoms with van der Waals surface area (Å²) in [4.78, 5) is 24.8. The Balaban J connectivity index is 1.21. The van der Waals surface area contributed by atoms with Crippen LogP contribution in [0.5, 0.6) is 5.75 Å². The second kappa shape index (κ2) is 9.19. The number of benzene rings is 2. The average Bonchev–Trinajstić information content (AvgIpc) is 3.17. The van der Waals surface area contributed by atoms with Crippen LogP contribution in [0.2, 0.25) is 0 Å². The van der Waals surface area contributed by atoms with Gasteiger partial charge in [-0.2, -0.15) is 0 Å². The maximum Gasteiger partial charge on any atom is 0.344 e. The van der Waals surface area contributed by atoms with E-state index in [1.54, 1.807) is 6.07 Å². The number of hydrogen-bond acceptors (Lipinski definition) is 7. The van der Waals surface area contributed by atoms with Gasteiger partial charge in [0, 0.05) is 5.41 Å². The van der Waals surface area contributed by atoms with Crippen LogP contribution in [0.1, 0.15) is 66.4 Å². The quantitative estimate of drug-likeness (QED) is 0.583. The Hall–Kier alpha value is -2.91. The number of phenols is 1. The minimum Gasteiger partial charge on any atom is -0.508 e. The van der Waals surface area contributed by atoms with Gasteiger partial charge in [0.05, 0.1) is 10.5 Å². The number of nitrogens with two attached hydrogens (primary N) is 1. The van der Waals surface area contributed by atoms with Crippen molar-refractivity contribution in [1.82, 2.24) is 0 Å². The van der Waals surface area contributed by atoms with Gasteiger partial charge in [0.1, 0.15) is 11.9 Å². The van der Waals surface area contributed by atoms with Gasteiger partial charge in [-0.15, -0.1) is 0 Å². The molecule has 192 valence electrons. The maximum absolute atomic E-state index is 12.6. The van der Waals surface area contributed by atoms with Gasteiger partial charge in [-0.1, -0.05) is 19.1 Å². The largest absolute Gasteiger partial charge is 0.508 e. The zero-order chi connectivity index (χ0) is 25.7. The van der Waals surface area contributed by atoms with Gasteiger partial charge in [-0.3, -0.25) is 0 Å². The van der Waals surface area contributed by atoms with Crippen molar-refractivity contribution >= 4 is 22.0 Å². The molecule has 3 N–H and O–H groups in total. The summed E-state index contributed by atoms with van der Waals surface area (Å²) >= 11 is 0. The lowest BCUT2D eigenvalue weighted by Crippen LogP contribution is -2.45. The molecule has 0 aromatic heterocycles. The van der Waals surface area contributed by atoms with E-state index in [2.05, 4.69) is 13.0 Å². The number of esters is 2. The van der Waals surface area contributed by atoms with Crippen LogP contribution in [0.4, 0.5) is 0 Å². The molecular weight excluding hydrogens is 482 g/mol. The highest BCUT2D eigenvalue weighted by atomic mass is 32.2. The molecule has 2 aromatic rings. The highest BCUT2D eigenvalue weighted by Crippen LogP contribution is 2.61. The normalized spacial score (nSPS) is 28.9. The minimum atomic E-state index is -3.96. The van der Waals surface area contributed by atoms with Gasteiger partial charge in [0.25, 0.3) is 0 Å². The molecule has 5 atom stereocenters. The molecule has 0 radical (unpaired) electrons. The van der Waals surface area contributed by atoms with Crippen LogP contribution in [0.15, 0.2) is 47.4 Å². The van der Waals surface area contributed by atoms with E-state index >= 15 is 0 Å². The van der Waals surface area contributed by atoms with Crippen molar-refractivity contribution in [3.8, 4) is 5.75 Å². The van der Waals surface area contributed by atoms with Gasteiger partial charge in [-0.05, 0) is 97.7 Å². The van der Waals surface area contributed by atoms with Crippen molar-refractivity contribution in [2.45, 2.75) is 62.4 Å². The second-order valence-corrected chi connectivity index (χ2v) is 12.1. The molecule has 8 nitrogen and oxygen atoms in total. The first-order chi connectivity index (χ1) is 17.1. The number of carbonyl (C=O) groups excluding carboxylic acids is 2. The molecule has 36 heavy (non-hydrogen) atoms. The lowest BCUT2D eigenvalue weighted by Gasteiger charge is -2.50. The number of aromatic hydroxyl groups is 1. The fourth-order valence-electron chi connectivity index (χ4n) is 6.91. The van der Waals surface area contributed by atoms with E-state index in [0.29, 0.717) is 23.5 Å². The predicted octanol–water partition coefficient (Wildman–Crippen LogP) is 3.66. The first-order valence-corrected chi connectivity index (χ1v) is 13.9. The predicted molar refractivity (Wildman–Crippen MR) is 131 cm³/mol. The number of primary sulfonamides is 1. The molecule has 2 aromatic carbocycles. The topological polar surface area (TPSA) is 133 Å². The van der Waals surface area contributed by atoms with Crippen LogP contribution < -0.4 is 5.14 Å². The van der Waals surface area contributed by atoms with Gasteiger partial charge in [-0.25, -0.2) is 23.1 Å². The fraction of sp³-hybridized carbons (Fsp3) is 0.481. The van der Waals surface area contributed by atoms with E-state index in [1.807, 2.05) is 6.07 Å². The molecule has 2 saturated carbocycles. The number of carbonyl (C=O) groups is 2. The van der Waals surface area contributed by atoms with Crippen molar-refractivity contribution in [1.29, 1.82) is 0 Å². The Morgan fingerprint density at radius 3 is 2.69 bits per heavy atom. The number of sulfonamides is 1. The summed E-state index contributed by atoms with van der Waals surface area (Å²) in [5.74, 6) is 0.326. The highest BCUT2D eigenvalue weighted by molar-refractivity contribution is 7.89. The number of rotatable bonds is 5. The molecule has 0 spiro atoms. The molecule has 0 aliphatic heterocycles. The number of ether oxygens (including phenoxy) is 2. The summed E-state index contributed by atoms with van der Waals surface area (Å²) in [6.07, 6.45) is 5.51. The van der Waals surface area contributed by atoms with Crippen LogP contribution >= 0.6 is 0 Å². The monoisotopic (exact) mass is 513 g/mol. The van der Waals surface area contributed by atoms with Crippen LogP contribution in [0.3, 0.4) is 0 Å². The summed E-state index contributed by atoms with van der Waals surface area (Å²) in [5.41, 5.74) is 2.47. The van der Waals surface area contributed by atoms with Crippen LogP contribution in [0.25, 0.3) is 0 Å². The van der Waals surface area contributed by atoms with E-state index in [0.717, 1.165) is 44.6 Å². The van der Waals surface area contributed by atoms with Crippen molar-refractivity contribution < 1.29 is 32.6 Å². The van der Waals surface area contributed by atoms with Crippen molar-refractivity contribution in [2.24, 2.45) is 22.4 Å². The Kier molecular flexibility index (Phi) is 6.32. The fourth-order valence-corrected chi connectivity index (χ4v) is 7.47. The number of fused-ring (bicyclic) bond motifs is 5. The maximum atomic E-state index is 12.6. The Morgan fingerprint density at radius 1 is 1.11 bits per heavy atom. The van der Waals surface area contributed by atoms with Gasteiger partial charge < -0.3 is 14.6 Å². The SMILES string of the molecule is CC12CCC3c4ccc(O)cc4CCC3C1CCC2OC(=O)COC(=O)c1cccc(S(N)(=O)=O)c1. The Bertz CT molecular complexity index is 1310. The Morgan fingerprint density at radius 2 is 1.92 bits per heavy atom. The highest BCUT2D eigenvalue weighted by Gasteiger charge is 2.56. The third kappa shape index (κ3) is 4.50. The van der Waals surface area contributed by atoms with Crippen molar-refractivity contribution in [2.75, 3.05) is 6.61 Å². The van der Waals surface area contributed by atoms with Gasteiger partial charge in [0.15, 0.2) is 6.61 Å². The van der Waals surface area contributed by atoms with Gasteiger partial charge in [0.2, 0.25) is 10.0 Å². The molecule has 3 aliphatic carbocycles. The lowest BCUT2D eigenvalue weighted by molar-refractivity contribution is -0.161. The zero-order valence-electron chi connectivity index (χ0n) is 20.2. The second-order valence-electron chi connectivity index (χ2n) is 10.5. The van der Waals surface area contributed by atoms with E-state index in [4.69, 9.17) is 14.6 Å². The van der Waals surface area contributed by atoms with E-state index in [-0.39, 0.29) is 22.0 Å². The summed E-state index contributed by atoms with van der Waals surface area (Å²) in [7, 11) is -3.96. The lowest BCUT2D eigenvalue weighted by atomic mass is 9.55. The molecule has 0 heterocycles. The molecule has 3 aliphatic rings. The molecule has 5 rings (SSSR count). The van der Waals surface area contributed by atoms with Crippen molar-refractivity contribution in [3.63, 3.8) is 0 Å². The van der Waals surface area contributed by atoms with Gasteiger partial charge >= 0.3 is 11.9 Å². The minimum absolute atomic E-state index is 0.00793. The standard InChI is InChI=1S/C27H31NO7S/c1-27-12-11-21-20-8-6-18(29)13-16(20)5-7-22(21)23(27)9-10-24(27)35-25(30)15-34-26(31)17-3-2-4-19(14-17)36(28,32)33/h2-4,6,8,13-14,21-24,29H,5,7,9-12,15H2,1H3,(H2,28,32,33). The van der Waals surface area contributed by atoms with E-state index < -0.39 is 28.6 Å². The number of aryl methyl sites for hydroxylation is 1. The summed E-state index contributed by atoms with van der Waals surface area (Å²) in [6.45, 7) is 1.68. The van der Waals surface area contributed by atoms with Crippen LogP contribution in [-0.4, -0.2) is 38.2 Å². The molecular formula is C27H31NO7S. The molecule has 0 saturated heterocycles. The summed E-state index contributed by atoms with van der Waals surface area (Å²) in [6, 6.07) is 10.9. The van der Waals surface area contributed by atoms with Crippen LogP contribution in [-0.2, 0) is 30.7 Å². The van der Waals surface area contributed by atoms with Crippen LogP contribution in [0, 0.1) is 17.3 Å². The molecule has 9 heteroatoms. The summed E-state index contributed by atoms with van der Waals surface area (Å²) in [5, 5.41) is 15.0. The number of phenolic OH excluding ortho intramolecular Hbond substituents is 1. The number of hydrogen-bond donors (Lipinski definition) is 2. The molecule has 5 unspecified atom stereocenters. The smallest absolute Gasteiger partial charge is 0.344 e. The first kappa shape index (κ1) is 24.8. The average molecular weight is 514 g/mol. The Labute approximate surface area is 210 Å². The molecule has 0 bridgehead atoms. The van der Waals surface area contributed by atoms with Crippen molar-refractivity contribution in [3.05, 3.63) is 59.2 Å². The first-order valence-electron chi connectivity index (χ1n) is 12.4. The molecule has 0 amide bonds. The third-order valence-corrected chi connectivity index (χ3v) is 9.53. The van der Waals surface area contributed by atoms with E-state index in [9.17, 15) is 23.1 Å². The molecule has 2 fully saturated rings.